The number of hydrogen-bond acceptors (Lipinski definition) is 4. The zero-order valence-corrected chi connectivity index (χ0v) is 20.7. The molecule has 35 heavy (non-hydrogen) atoms. The molecule has 0 unspecified atom stereocenters. The Labute approximate surface area is 209 Å². The van der Waals surface area contributed by atoms with Crippen LogP contribution >= 0.6 is 11.3 Å². The molecular weight excluding hydrogens is 454 g/mol. The summed E-state index contributed by atoms with van der Waals surface area (Å²) >= 11 is 1.50. The van der Waals surface area contributed by atoms with Crippen molar-refractivity contribution in [3.8, 4) is 11.3 Å². The number of rotatable bonds is 5. The smallest absolute Gasteiger partial charge is 0.257 e. The van der Waals surface area contributed by atoms with Crippen LogP contribution in [0.25, 0.3) is 22.2 Å². The van der Waals surface area contributed by atoms with E-state index in [9.17, 15) is 9.59 Å². The molecule has 0 radical (unpaired) electrons. The highest BCUT2D eigenvalue weighted by Crippen LogP contribution is 2.37. The van der Waals surface area contributed by atoms with Crippen molar-refractivity contribution in [1.82, 2.24) is 4.98 Å². The molecule has 0 saturated heterocycles. The number of fused-ring (bicyclic) bond motifs is 2. The fourth-order valence-electron chi connectivity index (χ4n) is 4.86. The summed E-state index contributed by atoms with van der Waals surface area (Å²) in [4.78, 5) is 32.1. The maximum atomic E-state index is 13.7. The van der Waals surface area contributed by atoms with Gasteiger partial charge in [0, 0.05) is 15.8 Å². The van der Waals surface area contributed by atoms with Gasteiger partial charge in [-0.1, -0.05) is 62.2 Å². The van der Waals surface area contributed by atoms with Crippen molar-refractivity contribution in [2.45, 2.75) is 51.9 Å². The van der Waals surface area contributed by atoms with E-state index in [1.54, 1.807) is 0 Å². The Hall–Kier alpha value is -3.51. The number of primary amides is 1. The summed E-state index contributed by atoms with van der Waals surface area (Å²) in [6.45, 7) is 2.12. The average Bonchev–Trinajstić information content (AvgIpc) is 3.19. The van der Waals surface area contributed by atoms with Crippen LogP contribution in [0.5, 0.6) is 0 Å². The van der Waals surface area contributed by atoms with E-state index < -0.39 is 5.91 Å². The zero-order valence-electron chi connectivity index (χ0n) is 19.9. The second kappa shape index (κ2) is 10.0. The van der Waals surface area contributed by atoms with Crippen molar-refractivity contribution in [3.63, 3.8) is 0 Å². The number of benzene rings is 2. The summed E-state index contributed by atoms with van der Waals surface area (Å²) in [6, 6.07) is 17.8. The topological polar surface area (TPSA) is 85.1 Å². The Kier molecular flexibility index (Phi) is 6.64. The number of aryl methyl sites for hydroxylation is 2. The summed E-state index contributed by atoms with van der Waals surface area (Å²) in [7, 11) is 0. The molecule has 178 valence electrons. The van der Waals surface area contributed by atoms with E-state index in [1.807, 2.05) is 42.5 Å². The maximum absolute atomic E-state index is 13.7. The number of aromatic nitrogens is 1. The van der Waals surface area contributed by atoms with Gasteiger partial charge in [-0.15, -0.1) is 11.3 Å². The van der Waals surface area contributed by atoms with Crippen LogP contribution in [-0.4, -0.2) is 16.8 Å². The second-order valence-corrected chi connectivity index (χ2v) is 10.2. The van der Waals surface area contributed by atoms with Crippen LogP contribution in [0.1, 0.15) is 69.3 Å². The Morgan fingerprint density at radius 3 is 2.49 bits per heavy atom. The van der Waals surface area contributed by atoms with Gasteiger partial charge in [0.05, 0.1) is 22.3 Å². The molecular formula is C29H29N3O2S. The van der Waals surface area contributed by atoms with Gasteiger partial charge in [-0.2, -0.15) is 0 Å². The molecule has 1 aliphatic rings. The Balaban J connectivity index is 1.56. The van der Waals surface area contributed by atoms with E-state index in [1.165, 1.54) is 28.2 Å². The van der Waals surface area contributed by atoms with Gasteiger partial charge in [-0.05, 0) is 55.4 Å². The molecule has 4 aromatic rings. The summed E-state index contributed by atoms with van der Waals surface area (Å²) in [5, 5.41) is 4.38. The number of amides is 2. The van der Waals surface area contributed by atoms with Crippen LogP contribution in [0.4, 0.5) is 5.00 Å². The number of nitrogens with zero attached hydrogens (tertiary/aromatic N) is 1. The predicted octanol–water partition coefficient (Wildman–Crippen LogP) is 6.54. The fraction of sp³-hybridized carbons (Fsp3) is 0.276. The van der Waals surface area contributed by atoms with Crippen molar-refractivity contribution in [1.29, 1.82) is 0 Å². The van der Waals surface area contributed by atoms with E-state index in [0.29, 0.717) is 16.1 Å². The molecule has 1 aliphatic carbocycles. The molecule has 5 nitrogen and oxygen atoms in total. The van der Waals surface area contributed by atoms with Gasteiger partial charge in [0.25, 0.3) is 11.8 Å². The van der Waals surface area contributed by atoms with Gasteiger partial charge >= 0.3 is 0 Å². The zero-order chi connectivity index (χ0) is 24.4. The number of nitrogens with one attached hydrogen (secondary N) is 1. The van der Waals surface area contributed by atoms with Crippen molar-refractivity contribution in [2.24, 2.45) is 5.73 Å². The van der Waals surface area contributed by atoms with Gasteiger partial charge < -0.3 is 11.1 Å². The number of hydrogen-bond donors (Lipinski definition) is 2. The number of thiophene rings is 1. The number of para-hydroxylation sites is 1. The summed E-state index contributed by atoms with van der Waals surface area (Å²) < 4.78 is 0. The minimum absolute atomic E-state index is 0.258. The van der Waals surface area contributed by atoms with Gasteiger partial charge in [0.15, 0.2) is 0 Å². The summed E-state index contributed by atoms with van der Waals surface area (Å²) in [5.74, 6) is -0.735. The first-order valence-corrected chi connectivity index (χ1v) is 13.1. The molecule has 2 aromatic carbocycles. The lowest BCUT2D eigenvalue weighted by Crippen LogP contribution is -2.18. The Morgan fingerprint density at radius 2 is 1.74 bits per heavy atom. The van der Waals surface area contributed by atoms with Crippen molar-refractivity contribution < 1.29 is 9.59 Å². The molecule has 2 aromatic heterocycles. The van der Waals surface area contributed by atoms with Crippen LogP contribution in [-0.2, 0) is 19.3 Å². The normalized spacial score (nSPS) is 13.6. The lowest BCUT2D eigenvalue weighted by molar-refractivity contribution is 0.100. The fourth-order valence-corrected chi connectivity index (χ4v) is 6.15. The number of nitrogens with two attached hydrogens (primary N) is 1. The van der Waals surface area contributed by atoms with Gasteiger partial charge in [-0.3, -0.25) is 9.59 Å². The van der Waals surface area contributed by atoms with E-state index in [4.69, 9.17) is 10.7 Å². The first-order chi connectivity index (χ1) is 17.0. The molecule has 0 bridgehead atoms. The predicted molar refractivity (Wildman–Crippen MR) is 143 cm³/mol. The van der Waals surface area contributed by atoms with Crippen molar-refractivity contribution >= 4 is 39.1 Å². The van der Waals surface area contributed by atoms with E-state index in [0.717, 1.165) is 66.2 Å². The second-order valence-electron chi connectivity index (χ2n) is 9.06. The molecule has 0 saturated carbocycles. The van der Waals surface area contributed by atoms with Crippen LogP contribution in [0.3, 0.4) is 0 Å². The lowest BCUT2D eigenvalue weighted by atomic mass is 9.96. The highest BCUT2D eigenvalue weighted by atomic mass is 32.1. The number of carbonyl (C=O) groups excluding carboxylic acids is 2. The molecule has 5 rings (SSSR count). The standard InChI is InChI=1S/C29H29N3O2S/c1-2-18-13-15-19(16-14-18)24-17-22(20-9-7-8-11-23(20)31-24)28(34)32-29-26(27(30)33)21-10-5-3-4-6-12-25(21)35-29/h7-9,11,13-17H,2-6,10,12H2,1H3,(H2,30,33)(H,32,34). The van der Waals surface area contributed by atoms with Gasteiger partial charge in [-0.25, -0.2) is 4.98 Å². The Morgan fingerprint density at radius 1 is 1.00 bits per heavy atom. The molecule has 2 heterocycles. The highest BCUT2D eigenvalue weighted by molar-refractivity contribution is 7.17. The molecule has 0 aliphatic heterocycles. The third kappa shape index (κ3) is 4.71. The minimum Gasteiger partial charge on any atom is -0.365 e. The third-order valence-electron chi connectivity index (χ3n) is 6.76. The molecule has 6 heteroatoms. The molecule has 2 amide bonds. The van der Waals surface area contributed by atoms with Gasteiger partial charge in [0.2, 0.25) is 0 Å². The first-order valence-electron chi connectivity index (χ1n) is 12.3. The minimum atomic E-state index is -0.477. The summed E-state index contributed by atoms with van der Waals surface area (Å²) in [5.41, 5.74) is 11.5. The number of anilines is 1. The maximum Gasteiger partial charge on any atom is 0.257 e. The number of carbonyl (C=O) groups is 2. The SMILES string of the molecule is CCc1ccc(-c2cc(C(=O)Nc3sc4c(c3C(N)=O)CCCCCC4)c3ccccc3n2)cc1. The van der Waals surface area contributed by atoms with E-state index >= 15 is 0 Å². The highest BCUT2D eigenvalue weighted by Gasteiger charge is 2.25. The van der Waals surface area contributed by atoms with Crippen molar-refractivity contribution in [3.05, 3.63) is 81.7 Å². The average molecular weight is 484 g/mol. The molecule has 0 spiro atoms. The van der Waals surface area contributed by atoms with Gasteiger partial charge in [0.1, 0.15) is 5.00 Å². The quantitative estimate of drug-likeness (QED) is 0.338. The third-order valence-corrected chi connectivity index (χ3v) is 7.97. The molecule has 0 atom stereocenters. The first kappa shape index (κ1) is 23.2. The van der Waals surface area contributed by atoms with Crippen LogP contribution < -0.4 is 11.1 Å². The van der Waals surface area contributed by atoms with E-state index in [-0.39, 0.29) is 5.91 Å². The largest absolute Gasteiger partial charge is 0.365 e. The summed E-state index contributed by atoms with van der Waals surface area (Å²) in [6.07, 6.45) is 7.19. The van der Waals surface area contributed by atoms with Crippen LogP contribution in [0.15, 0.2) is 54.6 Å². The van der Waals surface area contributed by atoms with E-state index in [2.05, 4.69) is 24.4 Å². The molecule has 3 N–H and O–H groups in total. The molecule has 0 fully saturated rings. The van der Waals surface area contributed by atoms with Crippen molar-refractivity contribution in [2.75, 3.05) is 5.32 Å². The monoisotopic (exact) mass is 483 g/mol. The van der Waals surface area contributed by atoms with Crippen LogP contribution in [0, 0.1) is 0 Å². The lowest BCUT2D eigenvalue weighted by Gasteiger charge is -2.12. The Bertz CT molecular complexity index is 1410. The van der Waals surface area contributed by atoms with Crippen LogP contribution in [0.2, 0.25) is 0 Å². The number of pyridine rings is 1.